The Kier molecular flexibility index (Phi) is 3.59. The number of carboxylic acids is 1. The topological polar surface area (TPSA) is 55.1 Å². The lowest BCUT2D eigenvalue weighted by Crippen LogP contribution is -2.04. The Balaban J connectivity index is 2.41. The molecule has 3 aromatic rings. The van der Waals surface area contributed by atoms with E-state index in [4.69, 9.17) is 0 Å². The van der Waals surface area contributed by atoms with Gasteiger partial charge in [0.05, 0.1) is 22.3 Å². The number of nitrogens with zero attached hydrogens (tertiary/aromatic N) is 2. The molecule has 0 radical (unpaired) electrons. The van der Waals surface area contributed by atoms with E-state index in [1.165, 1.54) is 0 Å². The molecule has 4 nitrogen and oxygen atoms in total. The largest absolute Gasteiger partial charge is 0.478 e. The van der Waals surface area contributed by atoms with Crippen molar-refractivity contribution in [3.63, 3.8) is 0 Å². The Morgan fingerprint density at radius 2 is 2.00 bits per heavy atom. The summed E-state index contributed by atoms with van der Waals surface area (Å²) in [5, 5.41) is 9.42. The molecule has 6 heteroatoms. The van der Waals surface area contributed by atoms with E-state index in [1.807, 2.05) is 35.8 Å². The minimum absolute atomic E-state index is 0.239. The number of hydrogen-bond acceptors (Lipinski definition) is 2. The molecule has 0 spiro atoms. The van der Waals surface area contributed by atoms with Crippen LogP contribution in [0.4, 0.5) is 0 Å². The predicted octanol–water partition coefficient (Wildman–Crippen LogP) is 4.56. The van der Waals surface area contributed by atoms with Crippen LogP contribution in [0.25, 0.3) is 16.7 Å². The third kappa shape index (κ3) is 2.38. The molecular formula is C15H10Br2N2O2. The van der Waals surface area contributed by atoms with Gasteiger partial charge < -0.3 is 5.11 Å². The molecule has 1 N–H and O–H groups in total. The van der Waals surface area contributed by atoms with Crippen molar-refractivity contribution in [3.8, 4) is 5.69 Å². The molecular weight excluding hydrogens is 400 g/mol. The summed E-state index contributed by atoms with van der Waals surface area (Å²) in [6.45, 7) is 1.86. The summed E-state index contributed by atoms with van der Waals surface area (Å²) >= 11 is 6.94. The van der Waals surface area contributed by atoms with Crippen molar-refractivity contribution in [1.82, 2.24) is 9.55 Å². The molecule has 0 aliphatic carbocycles. The summed E-state index contributed by atoms with van der Waals surface area (Å²) in [6.07, 6.45) is 0. The highest BCUT2D eigenvalue weighted by Gasteiger charge is 2.18. The summed E-state index contributed by atoms with van der Waals surface area (Å²) in [6, 6.07) is 10.9. The number of aryl methyl sites for hydroxylation is 1. The van der Waals surface area contributed by atoms with E-state index >= 15 is 0 Å². The van der Waals surface area contributed by atoms with Crippen LogP contribution in [0.5, 0.6) is 0 Å². The number of rotatable bonds is 2. The van der Waals surface area contributed by atoms with Crippen LogP contribution in [0.1, 0.15) is 16.2 Å². The van der Waals surface area contributed by atoms with E-state index in [0.29, 0.717) is 11.0 Å². The molecule has 106 valence electrons. The highest BCUT2D eigenvalue weighted by molar-refractivity contribution is 9.11. The van der Waals surface area contributed by atoms with Crippen molar-refractivity contribution in [1.29, 1.82) is 0 Å². The Labute approximate surface area is 137 Å². The molecule has 0 atom stereocenters. The van der Waals surface area contributed by atoms with Gasteiger partial charge in [-0.15, -0.1) is 0 Å². The number of fused-ring (bicyclic) bond motifs is 1. The molecule has 2 aromatic carbocycles. The van der Waals surface area contributed by atoms with Crippen LogP contribution in [0.3, 0.4) is 0 Å². The zero-order valence-electron chi connectivity index (χ0n) is 11.0. The predicted molar refractivity (Wildman–Crippen MR) is 88.2 cm³/mol. The first-order valence-electron chi connectivity index (χ1n) is 6.16. The van der Waals surface area contributed by atoms with E-state index in [1.54, 1.807) is 12.1 Å². The van der Waals surface area contributed by atoms with Gasteiger partial charge in [0.15, 0.2) is 0 Å². The maximum absolute atomic E-state index is 11.5. The quantitative estimate of drug-likeness (QED) is 0.675. The first-order chi connectivity index (χ1) is 9.99. The second-order valence-corrected chi connectivity index (χ2v) is 6.34. The lowest BCUT2D eigenvalue weighted by atomic mass is 10.1. The lowest BCUT2D eigenvalue weighted by molar-refractivity contribution is 0.0698. The zero-order valence-corrected chi connectivity index (χ0v) is 14.1. The van der Waals surface area contributed by atoms with Crippen molar-refractivity contribution < 1.29 is 9.90 Å². The number of hydrogen-bond donors (Lipinski definition) is 1. The van der Waals surface area contributed by atoms with E-state index in [2.05, 4.69) is 36.8 Å². The number of benzene rings is 2. The lowest BCUT2D eigenvalue weighted by Gasteiger charge is -2.11. The molecule has 0 bridgehead atoms. The molecule has 0 amide bonds. The fourth-order valence-electron chi connectivity index (χ4n) is 2.37. The van der Waals surface area contributed by atoms with Crippen LogP contribution >= 0.6 is 31.9 Å². The summed E-state index contributed by atoms with van der Waals surface area (Å²) in [4.78, 5) is 15.9. The first kappa shape index (κ1) is 14.3. The Hall–Kier alpha value is -1.66. The first-order valence-corrected chi connectivity index (χ1v) is 7.74. The van der Waals surface area contributed by atoms with Gasteiger partial charge in [0.25, 0.3) is 0 Å². The number of aromatic carboxylic acids is 1. The monoisotopic (exact) mass is 408 g/mol. The van der Waals surface area contributed by atoms with E-state index in [9.17, 15) is 9.90 Å². The van der Waals surface area contributed by atoms with Crippen LogP contribution in [-0.2, 0) is 0 Å². The van der Waals surface area contributed by atoms with E-state index in [0.717, 1.165) is 20.5 Å². The molecule has 3 rings (SSSR count). The van der Waals surface area contributed by atoms with Gasteiger partial charge in [-0.05, 0) is 53.2 Å². The van der Waals surface area contributed by atoms with Gasteiger partial charge in [0, 0.05) is 8.95 Å². The molecule has 0 fully saturated rings. The van der Waals surface area contributed by atoms with Crippen LogP contribution < -0.4 is 0 Å². The van der Waals surface area contributed by atoms with Crippen molar-refractivity contribution in [2.24, 2.45) is 0 Å². The van der Waals surface area contributed by atoms with Gasteiger partial charge in [-0.2, -0.15) is 0 Å². The van der Waals surface area contributed by atoms with Gasteiger partial charge in [-0.1, -0.05) is 22.0 Å². The average Bonchev–Trinajstić information content (AvgIpc) is 2.74. The minimum Gasteiger partial charge on any atom is -0.478 e. The number of carboxylic acid groups (broad SMARTS) is 1. The van der Waals surface area contributed by atoms with Gasteiger partial charge >= 0.3 is 5.97 Å². The smallest absolute Gasteiger partial charge is 0.337 e. The molecule has 0 aliphatic rings. The highest BCUT2D eigenvalue weighted by Crippen LogP contribution is 2.30. The maximum atomic E-state index is 11.5. The maximum Gasteiger partial charge on any atom is 0.337 e. The van der Waals surface area contributed by atoms with Crippen LogP contribution in [0.15, 0.2) is 45.3 Å². The van der Waals surface area contributed by atoms with Crippen LogP contribution in [-0.4, -0.2) is 20.6 Å². The normalized spacial score (nSPS) is 11.0. The highest BCUT2D eigenvalue weighted by atomic mass is 79.9. The van der Waals surface area contributed by atoms with Gasteiger partial charge in [-0.3, -0.25) is 4.57 Å². The van der Waals surface area contributed by atoms with Gasteiger partial charge in [0.2, 0.25) is 0 Å². The Bertz CT molecular complexity index is 871. The SMILES string of the molecule is Cc1nc2cccc(C(=O)O)c2n1-c1ccc(Br)cc1Br. The van der Waals surface area contributed by atoms with Crippen LogP contribution in [0.2, 0.25) is 0 Å². The molecule has 0 saturated carbocycles. The number of para-hydroxylation sites is 1. The summed E-state index contributed by atoms with van der Waals surface area (Å²) in [7, 11) is 0. The molecule has 1 heterocycles. The Morgan fingerprint density at radius 1 is 1.24 bits per heavy atom. The van der Waals surface area contributed by atoms with Crippen molar-refractivity contribution in [2.45, 2.75) is 6.92 Å². The average molecular weight is 410 g/mol. The third-order valence-electron chi connectivity index (χ3n) is 3.23. The number of carbonyl (C=O) groups is 1. The number of halogens is 2. The van der Waals surface area contributed by atoms with Crippen LogP contribution in [0, 0.1) is 6.92 Å². The second-order valence-electron chi connectivity index (χ2n) is 4.57. The zero-order chi connectivity index (χ0) is 15.1. The summed E-state index contributed by atoms with van der Waals surface area (Å²) < 4.78 is 3.66. The third-order valence-corrected chi connectivity index (χ3v) is 4.35. The van der Waals surface area contributed by atoms with E-state index in [-0.39, 0.29) is 5.56 Å². The van der Waals surface area contributed by atoms with Gasteiger partial charge in [-0.25, -0.2) is 9.78 Å². The molecule has 1 aromatic heterocycles. The Morgan fingerprint density at radius 3 is 2.67 bits per heavy atom. The van der Waals surface area contributed by atoms with Crippen molar-refractivity contribution in [3.05, 3.63) is 56.7 Å². The van der Waals surface area contributed by atoms with Crippen molar-refractivity contribution in [2.75, 3.05) is 0 Å². The van der Waals surface area contributed by atoms with Gasteiger partial charge in [0.1, 0.15) is 5.82 Å². The fraction of sp³-hybridized carbons (Fsp3) is 0.0667. The number of imidazole rings is 1. The fourth-order valence-corrected chi connectivity index (χ4v) is 3.60. The molecule has 0 aliphatic heterocycles. The standard InChI is InChI=1S/C15H10Br2N2O2/c1-8-18-12-4-2-3-10(15(20)21)14(12)19(8)13-6-5-9(16)7-11(13)17/h2-7H,1H3,(H,20,21). The number of aromatic nitrogens is 2. The minimum atomic E-state index is -0.963. The van der Waals surface area contributed by atoms with Crippen molar-refractivity contribution >= 4 is 48.9 Å². The summed E-state index contributed by atoms with van der Waals surface area (Å²) in [5.41, 5.74) is 2.36. The summed E-state index contributed by atoms with van der Waals surface area (Å²) in [5.74, 6) is -0.225. The molecule has 0 saturated heterocycles. The molecule has 0 unspecified atom stereocenters. The van der Waals surface area contributed by atoms with E-state index < -0.39 is 5.97 Å². The molecule has 21 heavy (non-hydrogen) atoms. The second kappa shape index (κ2) is 5.27.